The van der Waals surface area contributed by atoms with Crippen LogP contribution >= 0.6 is 0 Å². The molecule has 3 aromatic rings. The van der Waals surface area contributed by atoms with Gasteiger partial charge in [-0.2, -0.15) is 28.6 Å². The highest BCUT2D eigenvalue weighted by Crippen LogP contribution is 2.41. The van der Waals surface area contributed by atoms with Gasteiger partial charge in [0, 0.05) is 24.7 Å². The second kappa shape index (κ2) is 9.09. The third-order valence-corrected chi connectivity index (χ3v) is 6.11. The third-order valence-electron chi connectivity index (χ3n) is 6.11. The molecule has 186 valence electrons. The van der Waals surface area contributed by atoms with Crippen LogP contribution in [0.5, 0.6) is 0 Å². The molecule has 1 aromatic carbocycles. The Bertz CT molecular complexity index is 1280. The summed E-state index contributed by atoms with van der Waals surface area (Å²) < 4.78 is 43.0. The van der Waals surface area contributed by atoms with Crippen LogP contribution in [0.25, 0.3) is 11.3 Å². The van der Waals surface area contributed by atoms with Crippen LogP contribution in [0.3, 0.4) is 0 Å². The molecule has 0 aliphatic carbocycles. The van der Waals surface area contributed by atoms with Crippen LogP contribution in [0.2, 0.25) is 0 Å². The van der Waals surface area contributed by atoms with E-state index in [0.29, 0.717) is 16.8 Å². The predicted octanol–water partition coefficient (Wildman–Crippen LogP) is 4.90. The highest BCUT2D eigenvalue weighted by Gasteiger charge is 2.50. The monoisotopic (exact) mass is 487 g/mol. The lowest BCUT2D eigenvalue weighted by atomic mass is 9.88. The van der Waals surface area contributed by atoms with E-state index in [2.05, 4.69) is 21.6 Å². The number of nitrogens with zero attached hydrogens (tertiary/aromatic N) is 5. The van der Waals surface area contributed by atoms with E-state index < -0.39 is 23.4 Å². The summed E-state index contributed by atoms with van der Waals surface area (Å²) >= 11 is 0. The maximum Gasteiger partial charge on any atom is 0.399 e. The van der Waals surface area contributed by atoms with Gasteiger partial charge in [-0.1, -0.05) is 24.3 Å². The van der Waals surface area contributed by atoms with Gasteiger partial charge in [0.05, 0.1) is 11.6 Å². The first kappa shape index (κ1) is 25.8. The molecule has 2 aromatic heterocycles. The Morgan fingerprint density at radius 2 is 1.74 bits per heavy atom. The van der Waals surface area contributed by atoms with Crippen LogP contribution in [0.1, 0.15) is 63.4 Å². The van der Waals surface area contributed by atoms with E-state index in [1.807, 2.05) is 13.8 Å². The number of aromatic nitrogens is 4. The normalized spacial score (nSPS) is 13.1. The molecule has 0 radical (unpaired) electrons. The molecule has 1 atom stereocenters. The quantitative estimate of drug-likeness (QED) is 0.513. The fraction of sp³-hybridized carbons (Fsp3) is 0.417. The van der Waals surface area contributed by atoms with Crippen molar-refractivity contribution in [2.24, 2.45) is 7.05 Å². The molecule has 0 saturated carbocycles. The number of nitrogens with two attached hydrogens (primary N) is 1. The lowest BCUT2D eigenvalue weighted by Crippen LogP contribution is -2.38. The number of halogens is 3. The standard InChI is InChI=1S/C24H28F3N7O/c1-13(2)34-21(29)17(12-28)20(32-34)16-9-7-15(8-10-16)14(3)22(35)30-19-11-18(33(6)31-19)23(4,5)24(25,26)27/h7-11,13-14H,29H2,1-6H3,(H,30,31,35). The number of amides is 1. The number of hydrogen-bond donors (Lipinski definition) is 2. The molecule has 2 heterocycles. The highest BCUT2D eigenvalue weighted by molar-refractivity contribution is 5.95. The summed E-state index contributed by atoms with van der Waals surface area (Å²) in [6.07, 6.45) is -4.47. The molecule has 0 fully saturated rings. The van der Waals surface area contributed by atoms with Gasteiger partial charge in [0.1, 0.15) is 28.6 Å². The van der Waals surface area contributed by atoms with E-state index in [0.717, 1.165) is 18.5 Å². The van der Waals surface area contributed by atoms with Gasteiger partial charge in [0.15, 0.2) is 5.82 Å². The number of carbonyl (C=O) groups is 1. The molecule has 1 amide bonds. The molecule has 35 heavy (non-hydrogen) atoms. The molecule has 11 heteroatoms. The fourth-order valence-electron chi connectivity index (χ4n) is 3.73. The minimum absolute atomic E-state index is 0.0207. The molecule has 3 rings (SSSR count). The van der Waals surface area contributed by atoms with Crippen molar-refractivity contribution in [1.29, 1.82) is 5.26 Å². The molecule has 0 saturated heterocycles. The Kier molecular flexibility index (Phi) is 6.70. The number of benzene rings is 1. The lowest BCUT2D eigenvalue weighted by molar-refractivity contribution is -0.182. The first-order valence-corrected chi connectivity index (χ1v) is 11.0. The number of nitriles is 1. The number of alkyl halides is 3. The van der Waals surface area contributed by atoms with E-state index in [9.17, 15) is 23.2 Å². The average Bonchev–Trinajstić information content (AvgIpc) is 3.31. The fourth-order valence-corrected chi connectivity index (χ4v) is 3.73. The maximum absolute atomic E-state index is 13.4. The number of hydrogen-bond acceptors (Lipinski definition) is 5. The Hall–Kier alpha value is -3.81. The molecular formula is C24H28F3N7O. The largest absolute Gasteiger partial charge is 0.399 e. The summed E-state index contributed by atoms with van der Waals surface area (Å²) in [5.74, 6) is -0.698. The zero-order valence-corrected chi connectivity index (χ0v) is 20.4. The van der Waals surface area contributed by atoms with Gasteiger partial charge in [0.2, 0.25) is 5.91 Å². The van der Waals surface area contributed by atoms with Crippen LogP contribution in [0.4, 0.5) is 24.8 Å². The highest BCUT2D eigenvalue weighted by atomic mass is 19.4. The summed E-state index contributed by atoms with van der Waals surface area (Å²) in [6, 6.07) is 10.3. The van der Waals surface area contributed by atoms with Crippen molar-refractivity contribution in [3.8, 4) is 17.3 Å². The molecule has 8 nitrogen and oxygen atoms in total. The van der Waals surface area contributed by atoms with Crippen LogP contribution in [-0.4, -0.2) is 31.6 Å². The smallest absolute Gasteiger partial charge is 0.383 e. The molecule has 0 bridgehead atoms. The van der Waals surface area contributed by atoms with Crippen LogP contribution in [-0.2, 0) is 17.3 Å². The van der Waals surface area contributed by atoms with Crippen LogP contribution in [0, 0.1) is 11.3 Å². The SMILES string of the molecule is CC(C(=O)Nc1cc(C(C)(C)C(F)(F)F)n(C)n1)c1ccc(-c2nn(C(C)C)c(N)c2C#N)cc1. The molecule has 3 N–H and O–H groups in total. The van der Waals surface area contributed by atoms with E-state index >= 15 is 0 Å². The zero-order chi connectivity index (χ0) is 26.3. The van der Waals surface area contributed by atoms with Crippen molar-refractivity contribution in [2.45, 2.75) is 58.2 Å². The van der Waals surface area contributed by atoms with Gasteiger partial charge in [-0.3, -0.25) is 9.48 Å². The van der Waals surface area contributed by atoms with Crippen LogP contribution in [0.15, 0.2) is 30.3 Å². The van der Waals surface area contributed by atoms with Gasteiger partial charge in [0.25, 0.3) is 0 Å². The first-order valence-electron chi connectivity index (χ1n) is 11.0. The minimum Gasteiger partial charge on any atom is -0.383 e. The molecule has 1 unspecified atom stereocenters. The Balaban J connectivity index is 1.80. The molecule has 0 aliphatic heterocycles. The summed E-state index contributed by atoms with van der Waals surface area (Å²) in [5.41, 5.74) is 5.95. The second-order valence-electron chi connectivity index (χ2n) is 9.25. The number of nitrogen functional groups attached to an aromatic ring is 1. The van der Waals surface area contributed by atoms with Crippen molar-refractivity contribution in [3.63, 3.8) is 0 Å². The van der Waals surface area contributed by atoms with Crippen molar-refractivity contribution in [1.82, 2.24) is 19.6 Å². The van der Waals surface area contributed by atoms with Gasteiger partial charge < -0.3 is 11.1 Å². The Morgan fingerprint density at radius 3 is 2.26 bits per heavy atom. The van der Waals surface area contributed by atoms with Crippen molar-refractivity contribution in [3.05, 3.63) is 47.2 Å². The van der Waals surface area contributed by atoms with Gasteiger partial charge in [-0.25, -0.2) is 4.68 Å². The van der Waals surface area contributed by atoms with Gasteiger partial charge in [-0.15, -0.1) is 0 Å². The van der Waals surface area contributed by atoms with Crippen molar-refractivity contribution in [2.75, 3.05) is 11.1 Å². The summed E-state index contributed by atoms with van der Waals surface area (Å²) in [4.78, 5) is 12.8. The molecule has 0 spiro atoms. The summed E-state index contributed by atoms with van der Waals surface area (Å²) in [7, 11) is 1.41. The van der Waals surface area contributed by atoms with E-state index in [-0.39, 0.29) is 28.9 Å². The molecule has 0 aliphatic rings. The summed E-state index contributed by atoms with van der Waals surface area (Å²) in [6.45, 7) is 7.63. The number of rotatable bonds is 6. The minimum atomic E-state index is -4.47. The topological polar surface area (TPSA) is 115 Å². The number of nitrogens with one attached hydrogen (secondary N) is 1. The Morgan fingerprint density at radius 1 is 1.14 bits per heavy atom. The predicted molar refractivity (Wildman–Crippen MR) is 127 cm³/mol. The Labute approximate surface area is 201 Å². The number of anilines is 2. The lowest BCUT2D eigenvalue weighted by Gasteiger charge is -2.27. The molecular weight excluding hydrogens is 459 g/mol. The van der Waals surface area contributed by atoms with E-state index in [1.165, 1.54) is 13.1 Å². The van der Waals surface area contributed by atoms with E-state index in [1.54, 1.807) is 35.9 Å². The third kappa shape index (κ3) is 4.73. The second-order valence-corrected chi connectivity index (χ2v) is 9.25. The van der Waals surface area contributed by atoms with Crippen molar-refractivity contribution < 1.29 is 18.0 Å². The first-order chi connectivity index (χ1) is 16.2. The van der Waals surface area contributed by atoms with E-state index in [4.69, 9.17) is 5.73 Å². The van der Waals surface area contributed by atoms with Gasteiger partial charge >= 0.3 is 6.18 Å². The average molecular weight is 488 g/mol. The maximum atomic E-state index is 13.4. The van der Waals surface area contributed by atoms with Crippen LogP contribution < -0.4 is 11.1 Å². The van der Waals surface area contributed by atoms with Gasteiger partial charge in [-0.05, 0) is 40.2 Å². The van der Waals surface area contributed by atoms with Crippen molar-refractivity contribution >= 4 is 17.5 Å². The number of carbonyl (C=O) groups excluding carboxylic acids is 1. The zero-order valence-electron chi connectivity index (χ0n) is 20.4. The summed E-state index contributed by atoms with van der Waals surface area (Å²) in [5, 5.41) is 20.6. The number of aryl methyl sites for hydroxylation is 1.